The van der Waals surface area contributed by atoms with Crippen molar-refractivity contribution in [1.82, 2.24) is 4.72 Å². The number of hydrogen-bond donors (Lipinski definition) is 2. The molecule has 0 atom stereocenters. The zero-order valence-electron chi connectivity index (χ0n) is 16.3. The van der Waals surface area contributed by atoms with Crippen LogP contribution in [0.3, 0.4) is 0 Å². The molecular weight excluding hydrogens is 414 g/mol. The summed E-state index contributed by atoms with van der Waals surface area (Å²) in [6.07, 6.45) is 0.591. The molecule has 1 aliphatic rings. The van der Waals surface area contributed by atoms with Gasteiger partial charge in [0.1, 0.15) is 0 Å². The van der Waals surface area contributed by atoms with E-state index < -0.39 is 20.0 Å². The monoisotopic (exact) mass is 437 g/mol. The third-order valence-electron chi connectivity index (χ3n) is 4.44. The van der Waals surface area contributed by atoms with Gasteiger partial charge >= 0.3 is 0 Å². The van der Waals surface area contributed by atoms with E-state index in [1.807, 2.05) is 0 Å². The highest BCUT2D eigenvalue weighted by molar-refractivity contribution is 7.92. The molecule has 0 saturated heterocycles. The summed E-state index contributed by atoms with van der Waals surface area (Å²) in [5, 5.41) is 0. The number of nitrogens with zero attached hydrogens (tertiary/aromatic N) is 1. The van der Waals surface area contributed by atoms with Crippen LogP contribution in [0.5, 0.6) is 0 Å². The number of fused-ring (bicyclic) bond motifs is 1. The number of anilines is 2. The first kappa shape index (κ1) is 21.3. The van der Waals surface area contributed by atoms with Crippen molar-refractivity contribution in [3.05, 3.63) is 48.0 Å². The lowest BCUT2D eigenvalue weighted by Crippen LogP contribution is -2.30. The molecule has 2 aromatic rings. The molecule has 1 amide bonds. The Kier molecular flexibility index (Phi) is 5.70. The summed E-state index contributed by atoms with van der Waals surface area (Å²) in [5.41, 5.74) is 1.77. The smallest absolute Gasteiger partial charge is 0.261 e. The van der Waals surface area contributed by atoms with Crippen LogP contribution in [-0.2, 0) is 31.3 Å². The Hall–Kier alpha value is -2.43. The fourth-order valence-corrected chi connectivity index (χ4v) is 5.53. The van der Waals surface area contributed by atoms with E-state index in [4.69, 9.17) is 0 Å². The molecule has 0 radical (unpaired) electrons. The second-order valence-electron chi connectivity index (χ2n) is 7.12. The van der Waals surface area contributed by atoms with Gasteiger partial charge in [0.2, 0.25) is 15.9 Å². The number of hydrogen-bond acceptors (Lipinski definition) is 5. The molecule has 8 nitrogen and oxygen atoms in total. The third kappa shape index (κ3) is 4.60. The van der Waals surface area contributed by atoms with Gasteiger partial charge < -0.3 is 4.90 Å². The highest BCUT2D eigenvalue weighted by Crippen LogP contribution is 2.30. The van der Waals surface area contributed by atoms with Gasteiger partial charge in [-0.1, -0.05) is 0 Å². The Morgan fingerprint density at radius 2 is 1.59 bits per heavy atom. The summed E-state index contributed by atoms with van der Waals surface area (Å²) < 4.78 is 54.7. The highest BCUT2D eigenvalue weighted by atomic mass is 32.2. The number of carbonyl (C=O) groups excluding carboxylic acids is 1. The van der Waals surface area contributed by atoms with Crippen LogP contribution in [0.25, 0.3) is 0 Å². The molecule has 0 bridgehead atoms. The van der Waals surface area contributed by atoms with E-state index in [9.17, 15) is 21.6 Å². The molecular formula is C19H23N3O5S2. The molecule has 0 unspecified atom stereocenters. The van der Waals surface area contributed by atoms with Crippen molar-refractivity contribution in [1.29, 1.82) is 0 Å². The van der Waals surface area contributed by atoms with E-state index in [1.165, 1.54) is 37.3 Å². The lowest BCUT2D eigenvalue weighted by Gasteiger charge is -2.15. The topological polar surface area (TPSA) is 113 Å². The molecule has 0 spiro atoms. The molecule has 0 aromatic heterocycles. The lowest BCUT2D eigenvalue weighted by molar-refractivity contribution is -0.116. The van der Waals surface area contributed by atoms with Crippen LogP contribution in [0, 0.1) is 0 Å². The zero-order valence-corrected chi connectivity index (χ0v) is 18.0. The first-order valence-electron chi connectivity index (χ1n) is 9.06. The molecule has 2 aromatic carbocycles. The van der Waals surface area contributed by atoms with E-state index in [0.29, 0.717) is 13.0 Å². The number of sulfonamides is 2. The van der Waals surface area contributed by atoms with E-state index in [-0.39, 0.29) is 27.4 Å². The fraction of sp³-hybridized carbons (Fsp3) is 0.316. The van der Waals surface area contributed by atoms with Crippen LogP contribution >= 0.6 is 0 Å². The Balaban J connectivity index is 1.81. The van der Waals surface area contributed by atoms with Crippen LogP contribution < -0.4 is 14.3 Å². The normalized spacial score (nSPS) is 14.1. The molecule has 156 valence electrons. The number of nitrogens with one attached hydrogen (secondary N) is 2. The highest BCUT2D eigenvalue weighted by Gasteiger charge is 2.25. The van der Waals surface area contributed by atoms with Crippen LogP contribution in [0.15, 0.2) is 52.3 Å². The van der Waals surface area contributed by atoms with Crippen molar-refractivity contribution in [2.45, 2.75) is 43.0 Å². The Morgan fingerprint density at radius 3 is 2.17 bits per heavy atom. The van der Waals surface area contributed by atoms with Gasteiger partial charge in [0.05, 0.1) is 9.79 Å². The van der Waals surface area contributed by atoms with Gasteiger partial charge in [-0.2, -0.15) is 0 Å². The van der Waals surface area contributed by atoms with E-state index >= 15 is 0 Å². The number of benzene rings is 2. The Morgan fingerprint density at radius 1 is 0.966 bits per heavy atom. The van der Waals surface area contributed by atoms with Crippen LogP contribution in [0.2, 0.25) is 0 Å². The van der Waals surface area contributed by atoms with Crippen molar-refractivity contribution in [2.75, 3.05) is 16.2 Å². The van der Waals surface area contributed by atoms with Crippen molar-refractivity contribution >= 4 is 37.3 Å². The summed E-state index contributed by atoms with van der Waals surface area (Å²) in [5.74, 6) is -0.0838. The van der Waals surface area contributed by atoms with Gasteiger partial charge in [0.15, 0.2) is 0 Å². The second-order valence-corrected chi connectivity index (χ2v) is 10.5. The van der Waals surface area contributed by atoms with Gasteiger partial charge in [-0.3, -0.25) is 9.52 Å². The lowest BCUT2D eigenvalue weighted by atomic mass is 10.2. The van der Waals surface area contributed by atoms with Crippen LogP contribution in [-0.4, -0.2) is 35.3 Å². The third-order valence-corrected chi connectivity index (χ3v) is 7.50. The SMILES string of the molecule is CC(=O)N1CCc2cc(S(=O)(=O)Nc3ccc(S(=O)(=O)NC(C)C)cc3)ccc21. The average molecular weight is 438 g/mol. The summed E-state index contributed by atoms with van der Waals surface area (Å²) in [6, 6.07) is 9.88. The van der Waals surface area contributed by atoms with Crippen molar-refractivity contribution < 1.29 is 21.6 Å². The molecule has 2 N–H and O–H groups in total. The summed E-state index contributed by atoms with van der Waals surface area (Å²) in [4.78, 5) is 13.4. The fourth-order valence-electron chi connectivity index (χ4n) is 3.17. The first-order valence-corrected chi connectivity index (χ1v) is 12.0. The molecule has 10 heteroatoms. The zero-order chi connectivity index (χ0) is 21.4. The summed E-state index contributed by atoms with van der Waals surface area (Å²) in [6.45, 7) is 5.43. The predicted octanol–water partition coefficient (Wildman–Crippen LogP) is 2.08. The molecule has 0 aliphatic carbocycles. The van der Waals surface area contributed by atoms with Gasteiger partial charge in [0.25, 0.3) is 10.0 Å². The van der Waals surface area contributed by atoms with Gasteiger partial charge in [-0.15, -0.1) is 0 Å². The Bertz CT molecular complexity index is 1140. The molecule has 1 heterocycles. The Labute approximate surface area is 171 Å². The minimum Gasteiger partial charge on any atom is -0.312 e. The van der Waals surface area contributed by atoms with Crippen molar-refractivity contribution in [3.8, 4) is 0 Å². The molecule has 0 fully saturated rings. The maximum Gasteiger partial charge on any atom is 0.261 e. The minimum absolute atomic E-state index is 0.0519. The van der Waals surface area contributed by atoms with Crippen LogP contribution in [0.1, 0.15) is 26.3 Å². The molecule has 1 aliphatic heterocycles. The molecule has 0 saturated carbocycles. The van der Waals surface area contributed by atoms with Gasteiger partial charge in [-0.05, 0) is 68.3 Å². The minimum atomic E-state index is -3.86. The van der Waals surface area contributed by atoms with Gasteiger partial charge in [0, 0.05) is 30.9 Å². The maximum absolute atomic E-state index is 12.7. The van der Waals surface area contributed by atoms with E-state index in [2.05, 4.69) is 9.44 Å². The standard InChI is InChI=1S/C19H23N3O5S2/c1-13(2)20-28(24,25)17-6-4-16(5-7-17)21-29(26,27)18-8-9-19-15(12-18)10-11-22(19)14(3)23/h4-9,12-13,20-21H,10-11H2,1-3H3. The summed E-state index contributed by atoms with van der Waals surface area (Å²) >= 11 is 0. The second kappa shape index (κ2) is 7.77. The van der Waals surface area contributed by atoms with Crippen molar-refractivity contribution in [3.63, 3.8) is 0 Å². The molecule has 29 heavy (non-hydrogen) atoms. The van der Waals surface area contributed by atoms with Gasteiger partial charge in [-0.25, -0.2) is 21.6 Å². The quantitative estimate of drug-likeness (QED) is 0.718. The van der Waals surface area contributed by atoms with E-state index in [0.717, 1.165) is 11.3 Å². The van der Waals surface area contributed by atoms with E-state index in [1.54, 1.807) is 30.9 Å². The number of rotatable bonds is 6. The predicted molar refractivity (Wildman–Crippen MR) is 111 cm³/mol. The largest absolute Gasteiger partial charge is 0.312 e. The maximum atomic E-state index is 12.7. The number of amides is 1. The first-order chi connectivity index (χ1) is 13.5. The number of carbonyl (C=O) groups is 1. The summed E-state index contributed by atoms with van der Waals surface area (Å²) in [7, 11) is -7.51. The van der Waals surface area contributed by atoms with Crippen LogP contribution in [0.4, 0.5) is 11.4 Å². The van der Waals surface area contributed by atoms with Crippen molar-refractivity contribution in [2.24, 2.45) is 0 Å². The average Bonchev–Trinajstić information content (AvgIpc) is 3.04. The molecule has 3 rings (SSSR count).